The first kappa shape index (κ1) is 20.2. The molecule has 0 aliphatic heterocycles. The van der Waals surface area contributed by atoms with Crippen LogP contribution in [0, 0.1) is 0 Å². The van der Waals surface area contributed by atoms with Crippen molar-refractivity contribution in [3.63, 3.8) is 0 Å². The first-order valence-electron chi connectivity index (χ1n) is 9.57. The fourth-order valence-corrected chi connectivity index (χ4v) is 3.07. The minimum absolute atomic E-state index is 0.0439. The predicted molar refractivity (Wildman–Crippen MR) is 103 cm³/mol. The summed E-state index contributed by atoms with van der Waals surface area (Å²) >= 11 is 0. The van der Waals surface area contributed by atoms with Crippen LogP contribution in [0.5, 0.6) is 0 Å². The van der Waals surface area contributed by atoms with Crippen molar-refractivity contribution < 1.29 is 14.3 Å². The number of carbonyl (C=O) groups excluding carboxylic acids is 2. The Hall–Kier alpha value is -2.11. The summed E-state index contributed by atoms with van der Waals surface area (Å²) in [7, 11) is 0. The van der Waals surface area contributed by atoms with E-state index >= 15 is 0 Å². The van der Waals surface area contributed by atoms with Gasteiger partial charge in [0.25, 0.3) is 0 Å². The van der Waals surface area contributed by atoms with E-state index in [0.717, 1.165) is 12.8 Å². The van der Waals surface area contributed by atoms with E-state index in [-0.39, 0.29) is 5.78 Å². The second-order valence-corrected chi connectivity index (χ2v) is 7.83. The summed E-state index contributed by atoms with van der Waals surface area (Å²) in [6, 6.07) is 4.01. The highest BCUT2D eigenvalue weighted by Crippen LogP contribution is 2.23. The van der Waals surface area contributed by atoms with Crippen molar-refractivity contribution in [1.29, 1.82) is 0 Å². The number of carbonyl (C=O) groups is 2. The lowest BCUT2D eigenvalue weighted by Gasteiger charge is -2.24. The molecule has 6 heteroatoms. The van der Waals surface area contributed by atoms with E-state index in [1.165, 1.54) is 19.3 Å². The molecule has 1 saturated carbocycles. The van der Waals surface area contributed by atoms with E-state index in [9.17, 15) is 9.59 Å². The number of Topliss-reactive ketones (excluding diaryl/α,β-unsaturated/α-hetero) is 1. The number of rotatable bonds is 7. The first-order chi connectivity index (χ1) is 12.3. The van der Waals surface area contributed by atoms with Gasteiger partial charge in [-0.3, -0.25) is 4.79 Å². The Bertz CT molecular complexity index is 605. The van der Waals surface area contributed by atoms with E-state index in [4.69, 9.17) is 4.74 Å². The van der Waals surface area contributed by atoms with Crippen LogP contribution in [-0.2, 0) is 4.74 Å². The number of anilines is 1. The van der Waals surface area contributed by atoms with Gasteiger partial charge in [0.15, 0.2) is 5.78 Å². The van der Waals surface area contributed by atoms with Crippen LogP contribution >= 0.6 is 0 Å². The lowest BCUT2D eigenvalue weighted by atomic mass is 9.95. The molecule has 1 heterocycles. The van der Waals surface area contributed by atoms with E-state index in [2.05, 4.69) is 15.6 Å². The zero-order chi connectivity index (χ0) is 19.0. The summed E-state index contributed by atoms with van der Waals surface area (Å²) in [5.74, 6) is 0.729. The molecule has 0 spiro atoms. The molecule has 1 fully saturated rings. The van der Waals surface area contributed by atoms with E-state index in [1.54, 1.807) is 12.3 Å². The van der Waals surface area contributed by atoms with Crippen molar-refractivity contribution >= 4 is 17.7 Å². The topological polar surface area (TPSA) is 80.3 Å². The molecule has 2 N–H and O–H groups in total. The smallest absolute Gasteiger partial charge is 0.407 e. The summed E-state index contributed by atoms with van der Waals surface area (Å²) in [6.45, 7) is 5.87. The third-order valence-electron chi connectivity index (χ3n) is 4.30. The molecule has 1 aromatic rings. The summed E-state index contributed by atoms with van der Waals surface area (Å²) in [6.07, 6.45) is 8.19. The Morgan fingerprint density at radius 3 is 2.65 bits per heavy atom. The van der Waals surface area contributed by atoms with E-state index < -0.39 is 11.7 Å². The van der Waals surface area contributed by atoms with Gasteiger partial charge in [-0.25, -0.2) is 9.78 Å². The maximum atomic E-state index is 12.6. The average molecular weight is 361 g/mol. The number of hydrogen-bond donors (Lipinski definition) is 2. The monoisotopic (exact) mass is 361 g/mol. The van der Waals surface area contributed by atoms with Crippen molar-refractivity contribution in [2.75, 3.05) is 11.9 Å². The number of nitrogens with one attached hydrogen (secondary N) is 2. The van der Waals surface area contributed by atoms with Gasteiger partial charge in [-0.1, -0.05) is 19.3 Å². The quantitative estimate of drug-likeness (QED) is 0.558. The van der Waals surface area contributed by atoms with Crippen molar-refractivity contribution in [2.45, 2.75) is 77.4 Å². The molecule has 0 radical (unpaired) electrons. The van der Waals surface area contributed by atoms with E-state index in [0.29, 0.717) is 36.8 Å². The van der Waals surface area contributed by atoms with Crippen molar-refractivity contribution in [2.24, 2.45) is 0 Å². The van der Waals surface area contributed by atoms with Crippen molar-refractivity contribution in [1.82, 2.24) is 10.3 Å². The molecular weight excluding hydrogens is 330 g/mol. The molecule has 0 saturated heterocycles. The number of aromatic nitrogens is 1. The Balaban J connectivity index is 1.81. The van der Waals surface area contributed by atoms with Gasteiger partial charge < -0.3 is 15.4 Å². The molecule has 144 valence electrons. The summed E-state index contributed by atoms with van der Waals surface area (Å²) in [4.78, 5) is 28.5. The average Bonchev–Trinajstić information content (AvgIpc) is 2.58. The third-order valence-corrected chi connectivity index (χ3v) is 4.30. The highest BCUT2D eigenvalue weighted by atomic mass is 16.6. The summed E-state index contributed by atoms with van der Waals surface area (Å²) in [5, 5.41) is 6.12. The first-order valence-corrected chi connectivity index (χ1v) is 9.57. The third kappa shape index (κ3) is 7.02. The lowest BCUT2D eigenvalue weighted by Crippen LogP contribution is -2.33. The van der Waals surface area contributed by atoms with Gasteiger partial charge in [-0.05, 0) is 52.2 Å². The van der Waals surface area contributed by atoms with Gasteiger partial charge in [0.2, 0.25) is 0 Å². The van der Waals surface area contributed by atoms with E-state index in [1.807, 2.05) is 26.8 Å². The molecule has 0 aromatic carbocycles. The van der Waals surface area contributed by atoms with Crippen LogP contribution in [0.15, 0.2) is 18.3 Å². The van der Waals surface area contributed by atoms with Gasteiger partial charge in [-0.2, -0.15) is 0 Å². The van der Waals surface area contributed by atoms with Crippen LogP contribution < -0.4 is 10.6 Å². The molecule has 1 aromatic heterocycles. The molecule has 26 heavy (non-hydrogen) atoms. The normalized spacial score (nSPS) is 15.3. The molecule has 1 aliphatic rings. The molecule has 0 unspecified atom stereocenters. The van der Waals surface area contributed by atoms with Crippen molar-refractivity contribution in [3.05, 3.63) is 23.9 Å². The Labute approximate surface area is 156 Å². The fraction of sp³-hybridized carbons (Fsp3) is 0.650. The van der Waals surface area contributed by atoms with Crippen LogP contribution in [-0.4, -0.2) is 35.0 Å². The number of nitrogens with zero attached hydrogens (tertiary/aromatic N) is 1. The molecule has 1 amide bonds. The molecule has 6 nitrogen and oxygen atoms in total. The largest absolute Gasteiger partial charge is 0.444 e. The lowest BCUT2D eigenvalue weighted by molar-refractivity contribution is 0.0525. The number of alkyl carbamates (subject to hydrolysis) is 1. The van der Waals surface area contributed by atoms with Gasteiger partial charge in [-0.15, -0.1) is 0 Å². The number of amides is 1. The van der Waals surface area contributed by atoms with Crippen LogP contribution in [0.2, 0.25) is 0 Å². The van der Waals surface area contributed by atoms with Gasteiger partial charge in [0, 0.05) is 25.2 Å². The number of ether oxygens (including phenoxy) is 1. The fourth-order valence-electron chi connectivity index (χ4n) is 3.07. The van der Waals surface area contributed by atoms with Crippen LogP contribution in [0.3, 0.4) is 0 Å². The van der Waals surface area contributed by atoms with Gasteiger partial charge in [0.1, 0.15) is 11.4 Å². The maximum Gasteiger partial charge on any atom is 0.407 e. The standard InChI is InChI=1S/C20H31N3O3/c1-20(2,3)26-19(25)22-14-8-12-17(24)16-11-7-13-21-18(16)23-15-9-5-4-6-10-15/h7,11,13,15H,4-6,8-10,12,14H2,1-3H3,(H,21,23)(H,22,25). The summed E-state index contributed by atoms with van der Waals surface area (Å²) in [5.41, 5.74) is 0.116. The zero-order valence-corrected chi connectivity index (χ0v) is 16.1. The number of hydrogen-bond acceptors (Lipinski definition) is 5. The Morgan fingerprint density at radius 2 is 1.96 bits per heavy atom. The van der Waals surface area contributed by atoms with Gasteiger partial charge in [0.05, 0.1) is 5.56 Å². The molecule has 0 bridgehead atoms. The second-order valence-electron chi connectivity index (χ2n) is 7.83. The van der Waals surface area contributed by atoms with Crippen LogP contribution in [0.25, 0.3) is 0 Å². The Kier molecular flexibility index (Phi) is 7.42. The minimum Gasteiger partial charge on any atom is -0.444 e. The van der Waals surface area contributed by atoms with Gasteiger partial charge >= 0.3 is 6.09 Å². The molecule has 2 rings (SSSR count). The molecule has 1 aliphatic carbocycles. The van der Waals surface area contributed by atoms with Crippen LogP contribution in [0.4, 0.5) is 10.6 Å². The zero-order valence-electron chi connectivity index (χ0n) is 16.1. The van der Waals surface area contributed by atoms with Crippen LogP contribution in [0.1, 0.15) is 76.1 Å². The number of pyridine rings is 1. The SMILES string of the molecule is CC(C)(C)OC(=O)NCCCC(=O)c1cccnc1NC1CCCCC1. The maximum absolute atomic E-state index is 12.6. The molecule has 0 atom stereocenters. The number of ketones is 1. The highest BCUT2D eigenvalue weighted by Gasteiger charge is 2.18. The predicted octanol–water partition coefficient (Wildman–Crippen LogP) is 4.31. The second kappa shape index (κ2) is 9.55. The highest BCUT2D eigenvalue weighted by molar-refractivity contribution is 6.00. The molecular formula is C20H31N3O3. The Morgan fingerprint density at radius 1 is 1.23 bits per heavy atom. The summed E-state index contributed by atoms with van der Waals surface area (Å²) < 4.78 is 5.18. The van der Waals surface area contributed by atoms with Crippen molar-refractivity contribution in [3.8, 4) is 0 Å². The minimum atomic E-state index is -0.519.